The summed E-state index contributed by atoms with van der Waals surface area (Å²) in [5.74, 6) is 1.99. The van der Waals surface area contributed by atoms with Crippen LogP contribution >= 0.6 is 11.8 Å². The van der Waals surface area contributed by atoms with Crippen LogP contribution in [-0.2, 0) is 12.3 Å². The number of hydrogen-bond acceptors (Lipinski definition) is 4. The molecule has 1 aliphatic rings. The fourth-order valence-corrected chi connectivity index (χ4v) is 4.19. The van der Waals surface area contributed by atoms with Crippen molar-refractivity contribution < 1.29 is 4.39 Å². The minimum atomic E-state index is -0.180. The van der Waals surface area contributed by atoms with Gasteiger partial charge in [-0.3, -0.25) is 0 Å². The molecule has 1 atom stereocenters. The molecule has 29 heavy (non-hydrogen) atoms. The maximum Gasteiger partial charge on any atom is 0.191 e. The van der Waals surface area contributed by atoms with Crippen molar-refractivity contribution in [3.63, 3.8) is 0 Å². The molecule has 1 heterocycles. The smallest absolute Gasteiger partial charge is 0.191 e. The van der Waals surface area contributed by atoms with Gasteiger partial charge in [0.25, 0.3) is 0 Å². The number of halogens is 1. The monoisotopic (exact) mass is 423 g/mol. The fraction of sp³-hybridized carbons (Fsp3) is 0.682. The number of hydrogen-bond donors (Lipinski definition) is 2. The SMILES string of the molecule is CCNC(=NCc1ccc(F)cc1CSC)NCC(C)CN1CCN(CC)CC1. The van der Waals surface area contributed by atoms with Gasteiger partial charge in [-0.05, 0) is 48.9 Å². The lowest BCUT2D eigenvalue weighted by Gasteiger charge is -2.35. The summed E-state index contributed by atoms with van der Waals surface area (Å²) in [6, 6.07) is 5.00. The summed E-state index contributed by atoms with van der Waals surface area (Å²) in [5.41, 5.74) is 2.11. The highest BCUT2D eigenvalue weighted by Gasteiger charge is 2.17. The van der Waals surface area contributed by atoms with Gasteiger partial charge in [0.15, 0.2) is 5.96 Å². The van der Waals surface area contributed by atoms with E-state index >= 15 is 0 Å². The van der Waals surface area contributed by atoms with Gasteiger partial charge < -0.3 is 20.4 Å². The van der Waals surface area contributed by atoms with Crippen molar-refractivity contribution in [1.29, 1.82) is 0 Å². The van der Waals surface area contributed by atoms with Crippen LogP contribution in [0.5, 0.6) is 0 Å². The Labute approximate surface area is 180 Å². The summed E-state index contributed by atoms with van der Waals surface area (Å²) in [6.07, 6.45) is 2.03. The molecule has 1 unspecified atom stereocenters. The molecule has 1 aromatic rings. The zero-order valence-corrected chi connectivity index (χ0v) is 19.3. The molecular weight excluding hydrogens is 385 g/mol. The molecule has 7 heteroatoms. The van der Waals surface area contributed by atoms with Crippen LogP contribution in [0.1, 0.15) is 31.9 Å². The molecule has 1 fully saturated rings. The predicted octanol–water partition coefficient (Wildman–Crippen LogP) is 3.02. The van der Waals surface area contributed by atoms with Crippen molar-refractivity contribution in [2.45, 2.75) is 33.1 Å². The molecule has 1 aliphatic heterocycles. The lowest BCUT2D eigenvalue weighted by Crippen LogP contribution is -2.48. The van der Waals surface area contributed by atoms with Crippen LogP contribution in [0.2, 0.25) is 0 Å². The molecule has 0 saturated carbocycles. The van der Waals surface area contributed by atoms with E-state index in [0.29, 0.717) is 12.5 Å². The third-order valence-corrected chi connectivity index (χ3v) is 5.92. The lowest BCUT2D eigenvalue weighted by atomic mass is 10.1. The first-order chi connectivity index (χ1) is 14.0. The maximum atomic E-state index is 13.6. The van der Waals surface area contributed by atoms with Crippen LogP contribution in [0.25, 0.3) is 0 Å². The minimum Gasteiger partial charge on any atom is -0.357 e. The van der Waals surface area contributed by atoms with E-state index in [-0.39, 0.29) is 5.82 Å². The van der Waals surface area contributed by atoms with E-state index in [2.05, 4.69) is 41.2 Å². The van der Waals surface area contributed by atoms with Gasteiger partial charge in [0, 0.05) is 51.6 Å². The summed E-state index contributed by atoms with van der Waals surface area (Å²) >= 11 is 1.70. The first-order valence-electron chi connectivity index (χ1n) is 10.8. The lowest BCUT2D eigenvalue weighted by molar-refractivity contribution is 0.124. The van der Waals surface area contributed by atoms with E-state index in [1.165, 1.54) is 19.2 Å². The average molecular weight is 424 g/mol. The number of rotatable bonds is 10. The first kappa shape index (κ1) is 24.0. The minimum absolute atomic E-state index is 0.180. The highest BCUT2D eigenvalue weighted by atomic mass is 32.2. The Morgan fingerprint density at radius 1 is 1.14 bits per heavy atom. The van der Waals surface area contributed by atoms with Gasteiger partial charge in [-0.1, -0.05) is 19.9 Å². The molecular formula is C22H38FN5S. The Kier molecular flexibility index (Phi) is 10.8. The standard InChI is InChI=1S/C22H38FN5S/c1-5-24-22(26-15-19-7-8-21(23)13-20(19)17-29-4)25-14-18(3)16-28-11-9-27(6-2)10-12-28/h7-8,13,18H,5-6,9-12,14-17H2,1-4H3,(H2,24,25,26). The molecule has 0 aliphatic carbocycles. The van der Waals surface area contributed by atoms with Gasteiger partial charge >= 0.3 is 0 Å². The summed E-state index contributed by atoms with van der Waals surface area (Å²) in [5, 5.41) is 6.81. The zero-order valence-electron chi connectivity index (χ0n) is 18.5. The van der Waals surface area contributed by atoms with Crippen LogP contribution in [0.15, 0.2) is 23.2 Å². The van der Waals surface area contributed by atoms with E-state index in [0.717, 1.165) is 62.1 Å². The Balaban J connectivity index is 1.86. The van der Waals surface area contributed by atoms with Gasteiger partial charge in [0.1, 0.15) is 5.82 Å². The summed E-state index contributed by atoms with van der Waals surface area (Å²) in [6.45, 7) is 15.8. The van der Waals surface area contributed by atoms with Crippen molar-refractivity contribution in [3.05, 3.63) is 35.1 Å². The van der Waals surface area contributed by atoms with Crippen molar-refractivity contribution in [2.75, 3.05) is 58.6 Å². The Morgan fingerprint density at radius 3 is 2.52 bits per heavy atom. The highest BCUT2D eigenvalue weighted by Crippen LogP contribution is 2.17. The summed E-state index contributed by atoms with van der Waals surface area (Å²) in [4.78, 5) is 9.81. The fourth-order valence-electron chi connectivity index (χ4n) is 3.61. The van der Waals surface area contributed by atoms with Gasteiger partial charge in [-0.2, -0.15) is 11.8 Å². The summed E-state index contributed by atoms with van der Waals surface area (Å²) < 4.78 is 13.6. The molecule has 2 N–H and O–H groups in total. The molecule has 2 rings (SSSR count). The van der Waals surface area contributed by atoms with Crippen molar-refractivity contribution in [1.82, 2.24) is 20.4 Å². The van der Waals surface area contributed by atoms with Gasteiger partial charge in [-0.15, -0.1) is 0 Å². The highest BCUT2D eigenvalue weighted by molar-refractivity contribution is 7.97. The number of piperazine rings is 1. The second-order valence-electron chi connectivity index (χ2n) is 7.76. The van der Waals surface area contributed by atoms with E-state index in [1.807, 2.05) is 12.3 Å². The van der Waals surface area contributed by atoms with Crippen molar-refractivity contribution >= 4 is 17.7 Å². The van der Waals surface area contributed by atoms with E-state index in [1.54, 1.807) is 17.8 Å². The van der Waals surface area contributed by atoms with Crippen molar-refractivity contribution in [3.8, 4) is 0 Å². The van der Waals surface area contributed by atoms with E-state index in [4.69, 9.17) is 4.99 Å². The molecule has 1 saturated heterocycles. The van der Waals surface area contributed by atoms with Crippen molar-refractivity contribution in [2.24, 2.45) is 10.9 Å². The molecule has 0 radical (unpaired) electrons. The number of aliphatic imine (C=N–C) groups is 1. The molecule has 164 valence electrons. The molecule has 0 spiro atoms. The number of benzene rings is 1. The molecule has 1 aromatic carbocycles. The zero-order chi connectivity index (χ0) is 21.1. The molecule has 0 aromatic heterocycles. The normalized spacial score (nSPS) is 17.3. The van der Waals surface area contributed by atoms with E-state index in [9.17, 15) is 4.39 Å². The third-order valence-electron chi connectivity index (χ3n) is 5.32. The van der Waals surface area contributed by atoms with E-state index < -0.39 is 0 Å². The third kappa shape index (κ3) is 8.52. The van der Waals surface area contributed by atoms with Crippen LogP contribution in [0.3, 0.4) is 0 Å². The number of likely N-dealkylation sites (N-methyl/N-ethyl adjacent to an activating group) is 1. The number of thioether (sulfide) groups is 1. The topological polar surface area (TPSA) is 42.9 Å². The Hall–Kier alpha value is -1.31. The van der Waals surface area contributed by atoms with Gasteiger partial charge in [0.05, 0.1) is 6.54 Å². The van der Waals surface area contributed by atoms with Gasteiger partial charge in [-0.25, -0.2) is 9.38 Å². The number of nitrogens with zero attached hydrogens (tertiary/aromatic N) is 3. The number of nitrogens with one attached hydrogen (secondary N) is 2. The van der Waals surface area contributed by atoms with Crippen LogP contribution in [-0.4, -0.2) is 74.4 Å². The van der Waals surface area contributed by atoms with Crippen LogP contribution in [0.4, 0.5) is 4.39 Å². The second-order valence-corrected chi connectivity index (χ2v) is 8.63. The first-order valence-corrected chi connectivity index (χ1v) is 12.2. The molecule has 0 amide bonds. The predicted molar refractivity (Wildman–Crippen MR) is 124 cm³/mol. The largest absolute Gasteiger partial charge is 0.357 e. The van der Waals surface area contributed by atoms with Crippen LogP contribution in [0, 0.1) is 11.7 Å². The van der Waals surface area contributed by atoms with Crippen LogP contribution < -0.4 is 10.6 Å². The number of guanidine groups is 1. The van der Waals surface area contributed by atoms with Gasteiger partial charge in [0.2, 0.25) is 0 Å². The second kappa shape index (κ2) is 13.1. The average Bonchev–Trinajstić information content (AvgIpc) is 2.72. The molecule has 5 nitrogen and oxygen atoms in total. The summed E-state index contributed by atoms with van der Waals surface area (Å²) in [7, 11) is 0. The molecule has 0 bridgehead atoms. The Bertz CT molecular complexity index is 632. The Morgan fingerprint density at radius 2 is 1.86 bits per heavy atom. The quantitative estimate of drug-likeness (QED) is 0.447. The maximum absolute atomic E-state index is 13.6.